The summed E-state index contributed by atoms with van der Waals surface area (Å²) in [5.74, 6) is 0.363. The standard InChI is InChI=1S/C17H22FN3OS.HI/c1-3-19-16(20-10-13-4-6-15(18)7-5-13)21-12-17(2,22)14-8-9-23-11-14;/h4-9,11,22H,3,10,12H2,1-2H3,(H2,19,20,21);1H. The highest BCUT2D eigenvalue weighted by molar-refractivity contribution is 14.0. The molecule has 0 saturated carbocycles. The number of aliphatic imine (C=N–C) groups is 1. The molecule has 0 aliphatic rings. The van der Waals surface area contributed by atoms with Crippen LogP contribution in [-0.2, 0) is 12.1 Å². The predicted molar refractivity (Wildman–Crippen MR) is 109 cm³/mol. The fraction of sp³-hybridized carbons (Fsp3) is 0.353. The third kappa shape index (κ3) is 6.37. The molecule has 24 heavy (non-hydrogen) atoms. The molecular weight excluding hydrogens is 440 g/mol. The van der Waals surface area contributed by atoms with Crippen molar-refractivity contribution < 1.29 is 9.50 Å². The Bertz CT molecular complexity index is 630. The molecule has 1 aromatic carbocycles. The van der Waals surface area contributed by atoms with Gasteiger partial charge in [0, 0.05) is 6.54 Å². The summed E-state index contributed by atoms with van der Waals surface area (Å²) in [5, 5.41) is 20.7. The molecule has 1 aromatic heterocycles. The van der Waals surface area contributed by atoms with E-state index in [9.17, 15) is 9.50 Å². The van der Waals surface area contributed by atoms with Gasteiger partial charge in [0.1, 0.15) is 11.4 Å². The molecule has 0 radical (unpaired) electrons. The molecule has 0 aliphatic heterocycles. The maximum absolute atomic E-state index is 12.9. The Hall–Kier alpha value is -1.19. The van der Waals surface area contributed by atoms with Crippen LogP contribution >= 0.6 is 35.3 Å². The zero-order chi connectivity index (χ0) is 16.7. The minimum Gasteiger partial charge on any atom is -0.384 e. The topological polar surface area (TPSA) is 56.7 Å². The molecule has 0 spiro atoms. The number of halogens is 2. The first kappa shape index (κ1) is 20.9. The Morgan fingerprint density at radius 1 is 1.25 bits per heavy atom. The highest BCUT2D eigenvalue weighted by Crippen LogP contribution is 2.21. The minimum atomic E-state index is -0.966. The molecule has 1 atom stereocenters. The number of hydrogen-bond donors (Lipinski definition) is 3. The summed E-state index contributed by atoms with van der Waals surface area (Å²) in [6.07, 6.45) is 0. The Balaban J connectivity index is 0.00000288. The van der Waals surface area contributed by atoms with E-state index in [1.54, 1.807) is 30.4 Å². The number of nitrogens with one attached hydrogen (secondary N) is 2. The van der Waals surface area contributed by atoms with E-state index in [0.717, 1.165) is 17.7 Å². The molecule has 0 saturated heterocycles. The molecule has 0 amide bonds. The van der Waals surface area contributed by atoms with Crippen molar-refractivity contribution in [2.24, 2.45) is 4.99 Å². The molecular formula is C17H23FIN3OS. The molecule has 7 heteroatoms. The molecule has 0 bridgehead atoms. The van der Waals surface area contributed by atoms with E-state index in [-0.39, 0.29) is 29.8 Å². The first-order chi connectivity index (χ1) is 11.0. The number of guanidine groups is 1. The number of nitrogens with zero attached hydrogens (tertiary/aromatic N) is 1. The van der Waals surface area contributed by atoms with Crippen molar-refractivity contribution in [1.29, 1.82) is 0 Å². The fourth-order valence-electron chi connectivity index (χ4n) is 2.03. The summed E-state index contributed by atoms with van der Waals surface area (Å²) in [6.45, 7) is 5.25. The van der Waals surface area contributed by atoms with Gasteiger partial charge >= 0.3 is 0 Å². The van der Waals surface area contributed by atoms with Gasteiger partial charge in [0.25, 0.3) is 0 Å². The third-order valence-corrected chi connectivity index (χ3v) is 4.10. The van der Waals surface area contributed by atoms with Crippen LogP contribution in [0.3, 0.4) is 0 Å². The van der Waals surface area contributed by atoms with Crippen molar-refractivity contribution in [3.63, 3.8) is 0 Å². The molecule has 0 fully saturated rings. The van der Waals surface area contributed by atoms with Crippen LogP contribution in [0, 0.1) is 5.82 Å². The second-order valence-corrected chi connectivity index (χ2v) is 6.24. The van der Waals surface area contributed by atoms with Crippen molar-refractivity contribution in [2.45, 2.75) is 26.0 Å². The Morgan fingerprint density at radius 2 is 1.96 bits per heavy atom. The fourth-order valence-corrected chi connectivity index (χ4v) is 2.81. The Kier molecular flexibility index (Phi) is 8.65. The molecule has 2 rings (SSSR count). The Morgan fingerprint density at radius 3 is 2.54 bits per heavy atom. The van der Waals surface area contributed by atoms with Crippen LogP contribution in [0.25, 0.3) is 0 Å². The van der Waals surface area contributed by atoms with Crippen LogP contribution < -0.4 is 10.6 Å². The maximum atomic E-state index is 12.9. The van der Waals surface area contributed by atoms with Gasteiger partial charge in [-0.3, -0.25) is 0 Å². The average molecular weight is 463 g/mol. The minimum absolute atomic E-state index is 0. The van der Waals surface area contributed by atoms with Gasteiger partial charge in [0.2, 0.25) is 0 Å². The number of thiophene rings is 1. The van der Waals surface area contributed by atoms with Gasteiger partial charge < -0.3 is 15.7 Å². The Labute approximate surface area is 163 Å². The molecule has 132 valence electrons. The molecule has 3 N–H and O–H groups in total. The third-order valence-electron chi connectivity index (χ3n) is 3.42. The summed E-state index contributed by atoms with van der Waals surface area (Å²) in [4.78, 5) is 4.46. The summed E-state index contributed by atoms with van der Waals surface area (Å²) in [6, 6.07) is 8.18. The van der Waals surface area contributed by atoms with Gasteiger partial charge in [-0.1, -0.05) is 12.1 Å². The van der Waals surface area contributed by atoms with Crippen molar-refractivity contribution in [1.82, 2.24) is 10.6 Å². The lowest BCUT2D eigenvalue weighted by atomic mass is 9.99. The van der Waals surface area contributed by atoms with Gasteiger partial charge in [0.05, 0.1) is 13.1 Å². The lowest BCUT2D eigenvalue weighted by Gasteiger charge is -2.24. The monoisotopic (exact) mass is 463 g/mol. The van der Waals surface area contributed by atoms with Crippen LogP contribution in [0.1, 0.15) is 25.0 Å². The molecule has 2 aromatic rings. The maximum Gasteiger partial charge on any atom is 0.191 e. The van der Waals surface area contributed by atoms with Gasteiger partial charge in [0.15, 0.2) is 5.96 Å². The van der Waals surface area contributed by atoms with Gasteiger partial charge in [-0.05, 0) is 53.9 Å². The van der Waals surface area contributed by atoms with Gasteiger partial charge in [-0.2, -0.15) is 11.3 Å². The van der Waals surface area contributed by atoms with Gasteiger partial charge in [-0.25, -0.2) is 9.38 Å². The van der Waals surface area contributed by atoms with Gasteiger partial charge in [-0.15, -0.1) is 24.0 Å². The van der Waals surface area contributed by atoms with Crippen LogP contribution in [0.2, 0.25) is 0 Å². The van der Waals surface area contributed by atoms with Crippen molar-refractivity contribution >= 4 is 41.3 Å². The quantitative estimate of drug-likeness (QED) is 0.350. The van der Waals surface area contributed by atoms with Crippen LogP contribution in [0.15, 0.2) is 46.1 Å². The van der Waals surface area contributed by atoms with E-state index in [0.29, 0.717) is 19.0 Å². The number of rotatable bonds is 6. The van der Waals surface area contributed by atoms with Crippen LogP contribution in [0.4, 0.5) is 4.39 Å². The van der Waals surface area contributed by atoms with Crippen molar-refractivity contribution in [2.75, 3.05) is 13.1 Å². The SMILES string of the molecule is CCNC(=NCc1ccc(F)cc1)NCC(C)(O)c1ccsc1.I. The zero-order valence-corrected chi connectivity index (χ0v) is 16.9. The van der Waals surface area contributed by atoms with Crippen LogP contribution in [0.5, 0.6) is 0 Å². The number of aliphatic hydroxyl groups is 1. The van der Waals surface area contributed by atoms with E-state index in [4.69, 9.17) is 0 Å². The molecule has 1 heterocycles. The summed E-state index contributed by atoms with van der Waals surface area (Å²) in [7, 11) is 0. The van der Waals surface area contributed by atoms with Crippen molar-refractivity contribution in [3.05, 3.63) is 58.0 Å². The predicted octanol–water partition coefficient (Wildman–Crippen LogP) is 3.47. The number of hydrogen-bond acceptors (Lipinski definition) is 3. The summed E-state index contributed by atoms with van der Waals surface area (Å²) < 4.78 is 12.9. The lowest BCUT2D eigenvalue weighted by molar-refractivity contribution is 0.0621. The molecule has 1 unspecified atom stereocenters. The average Bonchev–Trinajstić information content (AvgIpc) is 3.07. The van der Waals surface area contributed by atoms with E-state index < -0.39 is 5.60 Å². The lowest BCUT2D eigenvalue weighted by Crippen LogP contribution is -2.44. The zero-order valence-electron chi connectivity index (χ0n) is 13.8. The first-order valence-electron chi connectivity index (χ1n) is 7.53. The molecule has 0 aliphatic carbocycles. The largest absolute Gasteiger partial charge is 0.384 e. The van der Waals surface area contributed by atoms with Crippen molar-refractivity contribution in [3.8, 4) is 0 Å². The summed E-state index contributed by atoms with van der Waals surface area (Å²) in [5.41, 5.74) is 0.837. The summed E-state index contributed by atoms with van der Waals surface area (Å²) >= 11 is 1.56. The normalized spacial score (nSPS) is 13.8. The second kappa shape index (κ2) is 9.95. The van der Waals surface area contributed by atoms with E-state index in [1.165, 1.54) is 12.1 Å². The van der Waals surface area contributed by atoms with E-state index in [1.807, 2.05) is 23.8 Å². The second-order valence-electron chi connectivity index (χ2n) is 5.46. The van der Waals surface area contributed by atoms with E-state index >= 15 is 0 Å². The number of benzene rings is 1. The molecule has 4 nitrogen and oxygen atoms in total. The smallest absolute Gasteiger partial charge is 0.191 e. The highest BCUT2D eigenvalue weighted by atomic mass is 127. The first-order valence-corrected chi connectivity index (χ1v) is 8.47. The highest BCUT2D eigenvalue weighted by Gasteiger charge is 2.23. The van der Waals surface area contributed by atoms with Crippen LogP contribution in [-0.4, -0.2) is 24.2 Å². The van der Waals surface area contributed by atoms with E-state index in [2.05, 4.69) is 15.6 Å².